The Morgan fingerprint density at radius 2 is 2.19 bits per heavy atom. The van der Waals surface area contributed by atoms with Gasteiger partial charge in [0.25, 0.3) is 5.88 Å². The summed E-state index contributed by atoms with van der Waals surface area (Å²) in [6.07, 6.45) is 7.85. The molecule has 4 N–H and O–H groups in total. The van der Waals surface area contributed by atoms with Crippen LogP contribution in [0, 0.1) is 12.7 Å². The Bertz CT molecular complexity index is 1550. The lowest BCUT2D eigenvalue weighted by atomic mass is 9.93. The van der Waals surface area contributed by atoms with Crippen molar-refractivity contribution in [3.8, 4) is 17.1 Å². The van der Waals surface area contributed by atoms with E-state index in [4.69, 9.17) is 11.6 Å². The smallest absolute Gasteiger partial charge is 0.250 e. The summed E-state index contributed by atoms with van der Waals surface area (Å²) in [4.78, 5) is 8.33. The van der Waals surface area contributed by atoms with Gasteiger partial charge in [-0.15, -0.1) is 4.68 Å². The molecule has 11 heteroatoms. The van der Waals surface area contributed by atoms with Gasteiger partial charge >= 0.3 is 0 Å². The number of rotatable bonds is 9. The maximum absolute atomic E-state index is 14.5. The second-order valence-corrected chi connectivity index (χ2v) is 9.28. The second-order valence-electron chi connectivity index (χ2n) is 9.28. The number of anilines is 1. The molecule has 0 bridgehead atoms. The molecule has 1 aliphatic carbocycles. The molecule has 5 rings (SSSR count). The van der Waals surface area contributed by atoms with Crippen LogP contribution in [0.3, 0.4) is 0 Å². The number of hydrogen-bond donors (Lipinski definition) is 4. The van der Waals surface area contributed by atoms with Crippen LogP contribution in [0.4, 0.5) is 10.2 Å². The number of nitrogens with zero attached hydrogens (tertiary/aromatic N) is 5. The molecule has 1 fully saturated rings. The van der Waals surface area contributed by atoms with Gasteiger partial charge < -0.3 is 20.3 Å². The lowest BCUT2D eigenvalue weighted by molar-refractivity contribution is -0.753. The molecule has 1 aliphatic rings. The Balaban J connectivity index is 1.45. The molecule has 0 saturated heterocycles. The van der Waals surface area contributed by atoms with Crippen LogP contribution < -0.4 is 14.7 Å². The highest BCUT2D eigenvalue weighted by Crippen LogP contribution is 2.32. The summed E-state index contributed by atoms with van der Waals surface area (Å²) < 4.78 is 62.3. The number of hydrogen-bond acceptors (Lipinski definition) is 7. The zero-order valence-corrected chi connectivity index (χ0v) is 20.4. The van der Waals surface area contributed by atoms with E-state index in [0.29, 0.717) is 53.4 Å². The standard InChI is InChI=1S/C26H32FN7O3/c1-3-28-23-10-22-21(12-30-23)25(17-11-31-33(13-17)14-19(36)15-35)32-34(22)18-4-6-20(7-5-18)37-26-24(27)16(2)8-9-29-26/h8-13,18-20,35-36H,3-7,14-15H2,1-2H3,(H,28,30,32)/p+1/t18?,19-,20?/m0/s1/i1D3,3D2. The molecule has 0 unspecified atom stereocenters. The number of aromatic amines is 1. The van der Waals surface area contributed by atoms with Crippen molar-refractivity contribution in [1.82, 2.24) is 24.8 Å². The van der Waals surface area contributed by atoms with Gasteiger partial charge in [0.1, 0.15) is 17.6 Å². The van der Waals surface area contributed by atoms with E-state index >= 15 is 0 Å². The highest BCUT2D eigenvalue weighted by Gasteiger charge is 2.33. The lowest BCUT2D eigenvalue weighted by Gasteiger charge is -2.25. The number of aryl methyl sites for hydroxylation is 1. The van der Waals surface area contributed by atoms with Crippen LogP contribution in [-0.2, 0) is 6.54 Å². The topological polar surface area (TPSA) is 125 Å². The minimum absolute atomic E-state index is 0.00707. The van der Waals surface area contributed by atoms with Crippen molar-refractivity contribution in [2.24, 2.45) is 0 Å². The summed E-state index contributed by atoms with van der Waals surface area (Å²) in [7, 11) is 0. The first kappa shape index (κ1) is 19.5. The number of H-pyrrole nitrogens is 1. The van der Waals surface area contributed by atoms with Gasteiger partial charge in [0, 0.05) is 50.3 Å². The van der Waals surface area contributed by atoms with Crippen LogP contribution >= 0.6 is 0 Å². The zero-order valence-electron chi connectivity index (χ0n) is 25.4. The molecule has 4 aromatic rings. The van der Waals surface area contributed by atoms with Crippen molar-refractivity contribution in [3.63, 3.8) is 0 Å². The molecule has 196 valence electrons. The fourth-order valence-corrected chi connectivity index (χ4v) is 4.76. The minimum atomic E-state index is -2.92. The third kappa shape index (κ3) is 5.28. The van der Waals surface area contributed by atoms with Crippen LogP contribution in [0.2, 0.25) is 0 Å². The molecule has 1 atom stereocenters. The Morgan fingerprint density at radius 3 is 2.97 bits per heavy atom. The summed E-state index contributed by atoms with van der Waals surface area (Å²) in [5.74, 6) is -0.416. The Morgan fingerprint density at radius 1 is 1.35 bits per heavy atom. The Labute approximate surface area is 221 Å². The number of nitrogens with one attached hydrogen (secondary N) is 2. The van der Waals surface area contributed by atoms with E-state index in [1.54, 1.807) is 31.5 Å². The molecule has 10 nitrogen and oxygen atoms in total. The average molecular weight is 516 g/mol. The normalized spacial score (nSPS) is 21.5. The Kier molecular flexibility index (Phi) is 5.71. The molecule has 4 heterocycles. The van der Waals surface area contributed by atoms with Gasteiger partial charge in [-0.05, 0) is 38.2 Å². The van der Waals surface area contributed by atoms with Crippen molar-refractivity contribution in [2.75, 3.05) is 18.4 Å². The maximum atomic E-state index is 14.5. The molecule has 0 spiro atoms. The summed E-state index contributed by atoms with van der Waals surface area (Å²) in [6, 6.07) is 3.16. The van der Waals surface area contributed by atoms with Crippen LogP contribution in [0.5, 0.6) is 5.88 Å². The first-order chi connectivity index (χ1) is 19.9. The van der Waals surface area contributed by atoms with Crippen molar-refractivity contribution < 1.29 is 30.9 Å². The number of ether oxygens (including phenoxy) is 1. The maximum Gasteiger partial charge on any atom is 0.250 e. The third-order valence-corrected chi connectivity index (χ3v) is 6.70. The molecular formula is C26H33FN7O3+. The first-order valence-corrected chi connectivity index (χ1v) is 12.2. The van der Waals surface area contributed by atoms with Gasteiger partial charge in [0.05, 0.1) is 36.9 Å². The monoisotopic (exact) mass is 515 g/mol. The summed E-state index contributed by atoms with van der Waals surface area (Å²) in [6.45, 7) is -4.26. The molecule has 1 saturated carbocycles. The molecule has 0 amide bonds. The molecule has 0 radical (unpaired) electrons. The quantitative estimate of drug-likeness (QED) is 0.253. The van der Waals surface area contributed by atoms with Gasteiger partial charge in [-0.1, -0.05) is 0 Å². The highest BCUT2D eigenvalue weighted by molar-refractivity contribution is 5.91. The summed E-state index contributed by atoms with van der Waals surface area (Å²) >= 11 is 0. The lowest BCUT2D eigenvalue weighted by Crippen LogP contribution is -2.44. The molecular weight excluding hydrogens is 477 g/mol. The molecule has 0 aromatic carbocycles. The van der Waals surface area contributed by atoms with Crippen LogP contribution in [0.25, 0.3) is 22.2 Å². The van der Waals surface area contributed by atoms with Crippen molar-refractivity contribution in [2.45, 2.75) is 64.3 Å². The molecule has 4 aromatic heterocycles. The molecule has 0 aliphatic heterocycles. The summed E-state index contributed by atoms with van der Waals surface area (Å²) in [5, 5.41) is 29.8. The van der Waals surface area contributed by atoms with E-state index in [1.807, 2.05) is 4.68 Å². The number of pyridine rings is 2. The fourth-order valence-electron chi connectivity index (χ4n) is 4.76. The SMILES string of the molecule is [2H]C([2H])([2H])C([2H])([2H])Nc1cc2c(cn1)c(-c1cnn(C[C@H](O)CO)c1)[nH][n+]2C1CCC(Oc2nccc(C)c2F)CC1. The number of fused-ring (bicyclic) bond motifs is 1. The number of aliphatic hydroxyl groups excluding tert-OH is 2. The zero-order chi connectivity index (χ0) is 30.2. The van der Waals surface area contributed by atoms with Gasteiger partial charge in [0.2, 0.25) is 5.52 Å². The Hall–Kier alpha value is -3.57. The van der Waals surface area contributed by atoms with Crippen LogP contribution in [0.1, 0.15) is 51.0 Å². The largest absolute Gasteiger partial charge is 0.472 e. The molecule has 37 heavy (non-hydrogen) atoms. The van der Waals surface area contributed by atoms with E-state index in [2.05, 4.69) is 25.5 Å². The van der Waals surface area contributed by atoms with Crippen molar-refractivity contribution in [3.05, 3.63) is 48.3 Å². The minimum Gasteiger partial charge on any atom is -0.472 e. The van der Waals surface area contributed by atoms with Gasteiger partial charge in [-0.3, -0.25) is 4.68 Å². The van der Waals surface area contributed by atoms with Crippen LogP contribution in [0.15, 0.2) is 36.9 Å². The predicted octanol–water partition coefficient (Wildman–Crippen LogP) is 2.90. The highest BCUT2D eigenvalue weighted by atomic mass is 19.1. The fraction of sp³-hybridized carbons (Fsp3) is 0.462. The van der Waals surface area contributed by atoms with E-state index in [9.17, 15) is 14.6 Å². The van der Waals surface area contributed by atoms with Gasteiger partial charge in [-0.2, -0.15) is 10.2 Å². The number of aromatic nitrogens is 6. The van der Waals surface area contributed by atoms with E-state index in [1.165, 1.54) is 17.1 Å². The van der Waals surface area contributed by atoms with E-state index in [-0.39, 0.29) is 30.4 Å². The van der Waals surface area contributed by atoms with E-state index < -0.39 is 31.9 Å². The van der Waals surface area contributed by atoms with Gasteiger partial charge in [0.15, 0.2) is 11.9 Å². The van der Waals surface area contributed by atoms with Crippen molar-refractivity contribution >= 4 is 16.7 Å². The third-order valence-electron chi connectivity index (χ3n) is 6.70. The average Bonchev–Trinajstić information content (AvgIpc) is 3.55. The van der Waals surface area contributed by atoms with E-state index in [0.717, 1.165) is 0 Å². The first-order valence-electron chi connectivity index (χ1n) is 14.7. The predicted molar refractivity (Wildman–Crippen MR) is 136 cm³/mol. The van der Waals surface area contributed by atoms with Crippen LogP contribution in [-0.4, -0.2) is 60.4 Å². The summed E-state index contributed by atoms with van der Waals surface area (Å²) in [5.41, 5.74) is 2.51. The van der Waals surface area contributed by atoms with Crippen molar-refractivity contribution in [1.29, 1.82) is 0 Å². The number of halogens is 1. The van der Waals surface area contributed by atoms with Gasteiger partial charge in [-0.25, -0.2) is 14.4 Å². The second kappa shape index (κ2) is 10.8. The number of aliphatic hydroxyl groups is 2.